The monoisotopic (exact) mass is 545 g/mol. The number of nitrogens with zero attached hydrogens (tertiary/aromatic N) is 3. The van der Waals surface area contributed by atoms with Crippen molar-refractivity contribution in [2.24, 2.45) is 4.99 Å². The Labute approximate surface area is 232 Å². The summed E-state index contributed by atoms with van der Waals surface area (Å²) in [5, 5.41) is 0. The molecule has 0 radical (unpaired) electrons. The SMILES string of the molecule is CCCC1=C(C(=O)OCC)[C@H](c2ccccc2OC)n2c(s/c(=C/c3ccc(N4CCCC4)c(C)c3)c2=O)=N1. The first kappa shape index (κ1) is 26.9. The van der Waals surface area contributed by atoms with Gasteiger partial charge < -0.3 is 14.4 Å². The minimum Gasteiger partial charge on any atom is -0.496 e. The molecule has 39 heavy (non-hydrogen) atoms. The fourth-order valence-electron chi connectivity index (χ4n) is 5.54. The van der Waals surface area contributed by atoms with Crippen LogP contribution in [0.2, 0.25) is 0 Å². The first-order valence-electron chi connectivity index (χ1n) is 13.7. The van der Waals surface area contributed by atoms with Crippen molar-refractivity contribution < 1.29 is 14.3 Å². The van der Waals surface area contributed by atoms with E-state index in [4.69, 9.17) is 14.5 Å². The molecule has 0 aliphatic carbocycles. The summed E-state index contributed by atoms with van der Waals surface area (Å²) in [4.78, 5) is 35.2. The zero-order valence-electron chi connectivity index (χ0n) is 23.0. The van der Waals surface area contributed by atoms with E-state index < -0.39 is 12.0 Å². The van der Waals surface area contributed by atoms with Crippen molar-refractivity contribution in [3.05, 3.63) is 90.1 Å². The van der Waals surface area contributed by atoms with Gasteiger partial charge in [0.05, 0.1) is 29.5 Å². The molecule has 1 atom stereocenters. The molecular weight excluding hydrogens is 510 g/mol. The van der Waals surface area contributed by atoms with Gasteiger partial charge in [0.15, 0.2) is 4.80 Å². The number of carbonyl (C=O) groups excluding carboxylic acids is 1. The van der Waals surface area contributed by atoms with Crippen LogP contribution in [0.15, 0.2) is 63.5 Å². The largest absolute Gasteiger partial charge is 0.496 e. The third-order valence-electron chi connectivity index (χ3n) is 7.29. The maximum atomic E-state index is 14.0. The minimum absolute atomic E-state index is 0.187. The van der Waals surface area contributed by atoms with E-state index in [0.29, 0.717) is 32.8 Å². The highest BCUT2D eigenvalue weighted by Gasteiger charge is 2.35. The Hall–Kier alpha value is -3.65. The summed E-state index contributed by atoms with van der Waals surface area (Å²) < 4.78 is 13.4. The number of methoxy groups -OCH3 is 1. The standard InChI is InChI=1S/C31H35N3O4S/c1-5-11-23-27(30(36)38-6-2)28(22-12-7-8-13-25(22)37-4)34-29(35)26(39-31(34)32-23)19-21-14-15-24(20(3)18-21)33-16-9-10-17-33/h7-8,12-15,18-19,28H,5-6,9-11,16-17H2,1-4H3/b26-19+/t28-/m0/s1. The Morgan fingerprint density at radius 3 is 2.62 bits per heavy atom. The Kier molecular flexibility index (Phi) is 8.02. The number of rotatable bonds is 8. The molecule has 0 N–H and O–H groups in total. The molecule has 3 aromatic rings. The summed E-state index contributed by atoms with van der Waals surface area (Å²) >= 11 is 1.35. The van der Waals surface area contributed by atoms with E-state index in [-0.39, 0.29) is 12.2 Å². The summed E-state index contributed by atoms with van der Waals surface area (Å²) in [5.41, 5.74) is 5.01. The first-order valence-corrected chi connectivity index (χ1v) is 14.5. The number of hydrogen-bond donors (Lipinski definition) is 0. The van der Waals surface area contributed by atoms with Gasteiger partial charge in [-0.05, 0) is 68.5 Å². The Balaban J connectivity index is 1.69. The van der Waals surface area contributed by atoms with Crippen LogP contribution in [0.4, 0.5) is 5.69 Å². The maximum Gasteiger partial charge on any atom is 0.338 e. The van der Waals surface area contributed by atoms with E-state index in [1.807, 2.05) is 37.3 Å². The zero-order valence-corrected chi connectivity index (χ0v) is 23.8. The number of aryl methyl sites for hydroxylation is 1. The van der Waals surface area contributed by atoms with E-state index in [1.165, 1.54) is 35.4 Å². The summed E-state index contributed by atoms with van der Waals surface area (Å²) in [5.74, 6) is 0.146. The molecule has 1 saturated heterocycles. The number of para-hydroxylation sites is 1. The van der Waals surface area contributed by atoms with Crippen molar-refractivity contribution in [1.29, 1.82) is 0 Å². The molecule has 0 unspecified atom stereocenters. The highest BCUT2D eigenvalue weighted by molar-refractivity contribution is 7.07. The maximum absolute atomic E-state index is 14.0. The van der Waals surface area contributed by atoms with Gasteiger partial charge in [-0.1, -0.05) is 48.9 Å². The van der Waals surface area contributed by atoms with Crippen LogP contribution in [0, 0.1) is 6.92 Å². The van der Waals surface area contributed by atoms with Crippen LogP contribution >= 0.6 is 11.3 Å². The summed E-state index contributed by atoms with van der Waals surface area (Å²) in [6, 6.07) is 13.2. The zero-order chi connectivity index (χ0) is 27.5. The van der Waals surface area contributed by atoms with Gasteiger partial charge in [0.2, 0.25) is 0 Å². The van der Waals surface area contributed by atoms with Crippen molar-refractivity contribution >= 4 is 29.1 Å². The number of allylic oxidation sites excluding steroid dienone is 1. The van der Waals surface area contributed by atoms with Crippen molar-refractivity contribution in [3.8, 4) is 5.75 Å². The number of aromatic nitrogens is 1. The Morgan fingerprint density at radius 1 is 1.15 bits per heavy atom. The van der Waals surface area contributed by atoms with Crippen molar-refractivity contribution in [1.82, 2.24) is 4.57 Å². The van der Waals surface area contributed by atoms with Gasteiger partial charge in [-0.25, -0.2) is 9.79 Å². The summed E-state index contributed by atoms with van der Waals surface area (Å²) in [7, 11) is 1.59. The predicted octanol–water partition coefficient (Wildman–Crippen LogP) is 4.50. The van der Waals surface area contributed by atoms with E-state index in [9.17, 15) is 9.59 Å². The topological polar surface area (TPSA) is 73.1 Å². The van der Waals surface area contributed by atoms with Gasteiger partial charge in [-0.3, -0.25) is 9.36 Å². The normalized spacial score (nSPS) is 17.3. The number of thiazole rings is 1. The number of esters is 1. The Morgan fingerprint density at radius 2 is 1.92 bits per heavy atom. The third kappa shape index (κ3) is 5.17. The van der Waals surface area contributed by atoms with E-state index >= 15 is 0 Å². The molecule has 8 heteroatoms. The van der Waals surface area contributed by atoms with Crippen molar-refractivity contribution in [3.63, 3.8) is 0 Å². The molecule has 7 nitrogen and oxygen atoms in total. The van der Waals surface area contributed by atoms with Gasteiger partial charge in [0.25, 0.3) is 5.56 Å². The number of ether oxygens (including phenoxy) is 2. The fraction of sp³-hybridized carbons (Fsp3) is 0.387. The van der Waals surface area contributed by atoms with Gasteiger partial charge in [-0.15, -0.1) is 0 Å². The number of carbonyl (C=O) groups is 1. The molecule has 0 saturated carbocycles. The second-order valence-electron chi connectivity index (χ2n) is 9.90. The summed E-state index contributed by atoms with van der Waals surface area (Å²) in [6.07, 6.45) is 5.78. The van der Waals surface area contributed by atoms with Crippen LogP contribution < -0.4 is 24.5 Å². The van der Waals surface area contributed by atoms with E-state index in [2.05, 4.69) is 30.0 Å². The molecule has 0 amide bonds. The molecular formula is C31H35N3O4S. The van der Waals surface area contributed by atoms with Crippen LogP contribution in [0.1, 0.15) is 62.3 Å². The molecule has 5 rings (SSSR count). The predicted molar refractivity (Wildman–Crippen MR) is 155 cm³/mol. The van der Waals surface area contributed by atoms with E-state index in [1.54, 1.807) is 18.6 Å². The second-order valence-corrected chi connectivity index (χ2v) is 10.9. The number of benzene rings is 2. The molecule has 1 aromatic heterocycles. The number of anilines is 1. The lowest BCUT2D eigenvalue weighted by Gasteiger charge is -2.26. The Bertz CT molecular complexity index is 1590. The lowest BCUT2D eigenvalue weighted by Crippen LogP contribution is -2.40. The molecule has 204 valence electrons. The van der Waals surface area contributed by atoms with Gasteiger partial charge in [0.1, 0.15) is 11.8 Å². The van der Waals surface area contributed by atoms with Crippen LogP contribution in [0.3, 0.4) is 0 Å². The molecule has 2 aliphatic rings. The van der Waals surface area contributed by atoms with Crippen LogP contribution in [0.25, 0.3) is 6.08 Å². The smallest absolute Gasteiger partial charge is 0.338 e. The molecule has 2 aliphatic heterocycles. The first-order chi connectivity index (χ1) is 19.0. The summed E-state index contributed by atoms with van der Waals surface area (Å²) in [6.45, 7) is 8.36. The number of fused-ring (bicyclic) bond motifs is 1. The quantitative estimate of drug-likeness (QED) is 0.390. The van der Waals surface area contributed by atoms with Crippen LogP contribution in [-0.2, 0) is 9.53 Å². The van der Waals surface area contributed by atoms with Crippen LogP contribution in [-0.4, -0.2) is 37.3 Å². The van der Waals surface area contributed by atoms with Crippen LogP contribution in [0.5, 0.6) is 5.75 Å². The highest BCUT2D eigenvalue weighted by atomic mass is 32.1. The second kappa shape index (κ2) is 11.6. The third-order valence-corrected chi connectivity index (χ3v) is 8.27. The van der Waals surface area contributed by atoms with Gasteiger partial charge in [0, 0.05) is 24.3 Å². The molecule has 2 aromatic carbocycles. The van der Waals surface area contributed by atoms with Crippen molar-refractivity contribution in [2.75, 3.05) is 31.7 Å². The fourth-order valence-corrected chi connectivity index (χ4v) is 6.56. The molecule has 0 bridgehead atoms. The van der Waals surface area contributed by atoms with E-state index in [0.717, 1.165) is 30.6 Å². The average Bonchev–Trinajstić information content (AvgIpc) is 3.57. The molecule has 0 spiro atoms. The lowest BCUT2D eigenvalue weighted by molar-refractivity contribution is -0.139. The minimum atomic E-state index is -0.695. The van der Waals surface area contributed by atoms with Gasteiger partial charge in [-0.2, -0.15) is 0 Å². The average molecular weight is 546 g/mol. The number of hydrogen-bond acceptors (Lipinski definition) is 7. The molecule has 1 fully saturated rings. The van der Waals surface area contributed by atoms with Crippen molar-refractivity contribution in [2.45, 2.75) is 52.5 Å². The lowest BCUT2D eigenvalue weighted by atomic mass is 9.93. The van der Waals surface area contributed by atoms with Gasteiger partial charge >= 0.3 is 5.97 Å². The highest BCUT2D eigenvalue weighted by Crippen LogP contribution is 2.36. The molecule has 3 heterocycles.